The quantitative estimate of drug-likeness (QED) is 0.541. The fourth-order valence-corrected chi connectivity index (χ4v) is 2.13. The Kier molecular flexibility index (Phi) is 3.96. The number of hydrogen-bond acceptors (Lipinski definition) is 6. The summed E-state index contributed by atoms with van der Waals surface area (Å²) in [5.74, 6) is 5.39. The van der Waals surface area contributed by atoms with Gasteiger partial charge in [-0.25, -0.2) is 15.8 Å². The van der Waals surface area contributed by atoms with Crippen molar-refractivity contribution in [3.05, 3.63) is 18.1 Å². The molecular weight excluding hydrogens is 246 g/mol. The lowest BCUT2D eigenvalue weighted by Crippen LogP contribution is -2.46. The highest BCUT2D eigenvalue weighted by atomic mass is 16.5. The summed E-state index contributed by atoms with van der Waals surface area (Å²) in [6.45, 7) is 4.69. The van der Waals surface area contributed by atoms with E-state index in [-0.39, 0.29) is 23.2 Å². The molecule has 0 saturated carbocycles. The van der Waals surface area contributed by atoms with Crippen LogP contribution in [0.3, 0.4) is 0 Å². The number of hydrazine groups is 1. The molecule has 0 aliphatic carbocycles. The number of aromatic nitrogens is 2. The first kappa shape index (κ1) is 13.7. The Morgan fingerprint density at radius 2 is 2.26 bits per heavy atom. The van der Waals surface area contributed by atoms with E-state index in [0.29, 0.717) is 12.4 Å². The number of nitrogens with zero attached hydrogens (tertiary/aromatic N) is 2. The molecule has 7 heteroatoms. The number of nitrogens with two attached hydrogens (primary N) is 1. The Morgan fingerprint density at radius 3 is 2.84 bits per heavy atom. The standard InChI is InChI=1S/C12H19N5O2/c1-12(2)5-8(3-4-19-12)16-11(18)9-6-15-10(17-13)7-14-9/h6-8H,3-5,13H2,1-2H3,(H,15,17)(H,16,18). The summed E-state index contributed by atoms with van der Waals surface area (Å²) in [6.07, 6.45) is 4.41. The van der Waals surface area contributed by atoms with Crippen LogP contribution in [0.1, 0.15) is 37.2 Å². The molecule has 1 aliphatic rings. The number of anilines is 1. The largest absolute Gasteiger partial charge is 0.375 e. The summed E-state index contributed by atoms with van der Waals surface area (Å²) in [5, 5.41) is 2.96. The number of ether oxygens (including phenoxy) is 1. The van der Waals surface area contributed by atoms with E-state index in [1.54, 1.807) is 0 Å². The Hall–Kier alpha value is -1.73. The Balaban J connectivity index is 1.96. The van der Waals surface area contributed by atoms with Crippen LogP contribution >= 0.6 is 0 Å². The minimum atomic E-state index is -0.223. The van der Waals surface area contributed by atoms with Crippen molar-refractivity contribution in [2.75, 3.05) is 12.0 Å². The smallest absolute Gasteiger partial charge is 0.271 e. The van der Waals surface area contributed by atoms with E-state index in [2.05, 4.69) is 20.7 Å². The summed E-state index contributed by atoms with van der Waals surface area (Å²) in [5.41, 5.74) is 2.45. The highest BCUT2D eigenvalue weighted by molar-refractivity contribution is 5.92. The maximum atomic E-state index is 12.0. The molecule has 4 N–H and O–H groups in total. The normalized spacial score (nSPS) is 21.7. The zero-order chi connectivity index (χ0) is 13.9. The molecule has 1 saturated heterocycles. The van der Waals surface area contributed by atoms with Crippen LogP contribution in [-0.2, 0) is 4.74 Å². The number of nitrogens with one attached hydrogen (secondary N) is 2. The fraction of sp³-hybridized carbons (Fsp3) is 0.583. The van der Waals surface area contributed by atoms with Crippen molar-refractivity contribution in [2.45, 2.75) is 38.3 Å². The van der Waals surface area contributed by atoms with Crippen molar-refractivity contribution in [3.63, 3.8) is 0 Å². The third-order valence-corrected chi connectivity index (χ3v) is 3.06. The van der Waals surface area contributed by atoms with Gasteiger partial charge in [-0.15, -0.1) is 0 Å². The predicted octanol–water partition coefficient (Wildman–Crippen LogP) is 0.450. The minimum Gasteiger partial charge on any atom is -0.375 e. The van der Waals surface area contributed by atoms with Gasteiger partial charge in [-0.1, -0.05) is 0 Å². The van der Waals surface area contributed by atoms with Gasteiger partial charge in [-0.2, -0.15) is 0 Å². The molecule has 1 aromatic heterocycles. The number of carbonyl (C=O) groups is 1. The molecule has 0 bridgehead atoms. The van der Waals surface area contributed by atoms with E-state index in [1.165, 1.54) is 12.4 Å². The first-order valence-electron chi connectivity index (χ1n) is 6.24. The highest BCUT2D eigenvalue weighted by Crippen LogP contribution is 2.23. The molecule has 0 spiro atoms. The number of nitrogen functional groups attached to an aromatic ring is 1. The van der Waals surface area contributed by atoms with Crippen LogP contribution in [0, 0.1) is 0 Å². The Labute approximate surface area is 111 Å². The molecule has 2 heterocycles. The molecular formula is C12H19N5O2. The van der Waals surface area contributed by atoms with Crippen LogP contribution in [-0.4, -0.2) is 34.1 Å². The highest BCUT2D eigenvalue weighted by Gasteiger charge is 2.29. The van der Waals surface area contributed by atoms with Gasteiger partial charge in [-0.05, 0) is 26.7 Å². The molecule has 1 unspecified atom stereocenters. The fourth-order valence-electron chi connectivity index (χ4n) is 2.13. The van der Waals surface area contributed by atoms with E-state index in [4.69, 9.17) is 10.6 Å². The van der Waals surface area contributed by atoms with E-state index in [1.807, 2.05) is 13.8 Å². The monoisotopic (exact) mass is 265 g/mol. The van der Waals surface area contributed by atoms with Crippen molar-refractivity contribution in [1.82, 2.24) is 15.3 Å². The van der Waals surface area contributed by atoms with Gasteiger partial charge in [0, 0.05) is 12.6 Å². The van der Waals surface area contributed by atoms with E-state index >= 15 is 0 Å². The lowest BCUT2D eigenvalue weighted by atomic mass is 9.94. The predicted molar refractivity (Wildman–Crippen MR) is 70.4 cm³/mol. The van der Waals surface area contributed by atoms with Gasteiger partial charge in [0.1, 0.15) is 5.69 Å². The molecule has 0 radical (unpaired) electrons. The molecule has 0 aromatic carbocycles. The van der Waals surface area contributed by atoms with Gasteiger partial charge in [0.05, 0.1) is 18.0 Å². The first-order valence-corrected chi connectivity index (χ1v) is 6.24. The second kappa shape index (κ2) is 5.50. The van der Waals surface area contributed by atoms with E-state index < -0.39 is 0 Å². The van der Waals surface area contributed by atoms with Crippen molar-refractivity contribution >= 4 is 11.7 Å². The van der Waals surface area contributed by atoms with Crippen molar-refractivity contribution < 1.29 is 9.53 Å². The van der Waals surface area contributed by atoms with Crippen molar-refractivity contribution in [2.24, 2.45) is 5.84 Å². The van der Waals surface area contributed by atoms with Gasteiger partial charge in [0.2, 0.25) is 0 Å². The van der Waals surface area contributed by atoms with Crippen LogP contribution < -0.4 is 16.6 Å². The van der Waals surface area contributed by atoms with Crippen LogP contribution in [0.2, 0.25) is 0 Å². The minimum absolute atomic E-state index is 0.102. The lowest BCUT2D eigenvalue weighted by Gasteiger charge is -2.35. The van der Waals surface area contributed by atoms with Gasteiger partial charge in [0.15, 0.2) is 5.82 Å². The van der Waals surface area contributed by atoms with Gasteiger partial charge in [0.25, 0.3) is 5.91 Å². The van der Waals surface area contributed by atoms with Gasteiger partial charge < -0.3 is 15.5 Å². The molecule has 19 heavy (non-hydrogen) atoms. The third-order valence-electron chi connectivity index (χ3n) is 3.06. The number of hydrogen-bond donors (Lipinski definition) is 3. The molecule has 2 rings (SSSR count). The second-order valence-electron chi connectivity index (χ2n) is 5.20. The second-order valence-corrected chi connectivity index (χ2v) is 5.20. The molecule has 7 nitrogen and oxygen atoms in total. The van der Waals surface area contributed by atoms with Crippen LogP contribution in [0.4, 0.5) is 5.82 Å². The topological polar surface area (TPSA) is 102 Å². The number of rotatable bonds is 3. The maximum Gasteiger partial charge on any atom is 0.271 e. The SMILES string of the molecule is CC1(C)CC(NC(=O)c2cnc(NN)cn2)CCO1. The molecule has 104 valence electrons. The lowest BCUT2D eigenvalue weighted by molar-refractivity contribution is -0.0615. The third kappa shape index (κ3) is 3.62. The zero-order valence-electron chi connectivity index (χ0n) is 11.1. The molecule has 1 atom stereocenters. The zero-order valence-corrected chi connectivity index (χ0v) is 11.1. The summed E-state index contributed by atoms with van der Waals surface area (Å²) in [6, 6.07) is 0.102. The summed E-state index contributed by atoms with van der Waals surface area (Å²) >= 11 is 0. The first-order chi connectivity index (χ1) is 9.00. The maximum absolute atomic E-state index is 12.0. The van der Waals surface area contributed by atoms with E-state index in [0.717, 1.165) is 12.8 Å². The Morgan fingerprint density at radius 1 is 1.47 bits per heavy atom. The van der Waals surface area contributed by atoms with Crippen molar-refractivity contribution in [3.8, 4) is 0 Å². The van der Waals surface area contributed by atoms with Crippen LogP contribution in [0.15, 0.2) is 12.4 Å². The average Bonchev–Trinajstić information content (AvgIpc) is 2.37. The van der Waals surface area contributed by atoms with E-state index in [9.17, 15) is 4.79 Å². The summed E-state index contributed by atoms with van der Waals surface area (Å²) in [7, 11) is 0. The number of amides is 1. The molecule has 1 aliphatic heterocycles. The summed E-state index contributed by atoms with van der Waals surface area (Å²) in [4.78, 5) is 20.0. The van der Waals surface area contributed by atoms with Crippen molar-refractivity contribution in [1.29, 1.82) is 0 Å². The average molecular weight is 265 g/mol. The Bertz CT molecular complexity index is 446. The molecule has 1 fully saturated rings. The molecule has 1 aromatic rings. The number of carbonyl (C=O) groups excluding carboxylic acids is 1. The van der Waals surface area contributed by atoms with Crippen LogP contribution in [0.5, 0.6) is 0 Å². The van der Waals surface area contributed by atoms with Gasteiger partial charge >= 0.3 is 0 Å². The van der Waals surface area contributed by atoms with Gasteiger partial charge in [-0.3, -0.25) is 4.79 Å². The van der Waals surface area contributed by atoms with Crippen LogP contribution in [0.25, 0.3) is 0 Å². The summed E-state index contributed by atoms with van der Waals surface area (Å²) < 4.78 is 5.61. The molecule has 1 amide bonds.